The van der Waals surface area contributed by atoms with Crippen LogP contribution < -0.4 is 16.0 Å². The first-order valence-electron chi connectivity index (χ1n) is 16.9. The van der Waals surface area contributed by atoms with Gasteiger partial charge in [0.2, 0.25) is 5.91 Å². The minimum absolute atomic E-state index is 0.00281. The van der Waals surface area contributed by atoms with E-state index in [1.807, 2.05) is 47.1 Å². The standard InChI is InChI=1S/C35H46N6O9/c1-2-18-41-27(22-37-40-41)10-7-11-28(42)21-26(20-23-13-14-24-8-3-4-9-25(24)19-23)32(45)36-17-6-5-12-29(33(46)47)38-35(50)39-30(34(48)49)15-16-31(43)44/h3-4,8-9,13-14,19,22,26,29-30H,2,5-7,10-12,15-18,20-21H2,1H3,(H,36,45)(H,43,44)(H,46,47)(H,48,49)(H2,38,39,50). The molecule has 2 aromatic carbocycles. The minimum Gasteiger partial charge on any atom is -0.481 e. The number of carboxylic acids is 3. The first-order valence-corrected chi connectivity index (χ1v) is 16.9. The van der Waals surface area contributed by atoms with Gasteiger partial charge in [0.25, 0.3) is 0 Å². The van der Waals surface area contributed by atoms with Crippen LogP contribution in [0.15, 0.2) is 48.7 Å². The van der Waals surface area contributed by atoms with Crippen molar-refractivity contribution < 1.29 is 44.1 Å². The topological polar surface area (TPSA) is 230 Å². The summed E-state index contributed by atoms with van der Waals surface area (Å²) in [6.07, 6.45) is 4.44. The number of Topliss-reactive ketones (excluding diaryl/α,β-unsaturated/α-hetero) is 1. The lowest BCUT2D eigenvalue weighted by Crippen LogP contribution is -2.51. The van der Waals surface area contributed by atoms with Crippen molar-refractivity contribution in [3.63, 3.8) is 0 Å². The van der Waals surface area contributed by atoms with Crippen molar-refractivity contribution in [2.45, 2.75) is 96.2 Å². The Morgan fingerprint density at radius 2 is 1.54 bits per heavy atom. The van der Waals surface area contributed by atoms with Crippen LogP contribution in [0.3, 0.4) is 0 Å². The number of hydrogen-bond acceptors (Lipinski definition) is 8. The number of carboxylic acid groups (broad SMARTS) is 3. The van der Waals surface area contributed by atoms with Gasteiger partial charge in [0.15, 0.2) is 0 Å². The highest BCUT2D eigenvalue weighted by molar-refractivity contribution is 5.88. The summed E-state index contributed by atoms with van der Waals surface area (Å²) in [5.41, 5.74) is 1.89. The molecule has 0 aliphatic rings. The number of aliphatic carboxylic acids is 3. The molecule has 0 spiro atoms. The Hall–Kier alpha value is -5.34. The molecule has 15 heteroatoms. The number of unbranched alkanes of at least 4 members (excludes halogenated alkanes) is 1. The fraction of sp³-hybridized carbons (Fsp3) is 0.486. The van der Waals surface area contributed by atoms with Crippen molar-refractivity contribution in [2.24, 2.45) is 5.92 Å². The number of rotatable bonds is 23. The summed E-state index contributed by atoms with van der Waals surface area (Å²) in [4.78, 5) is 72.6. The van der Waals surface area contributed by atoms with Crippen molar-refractivity contribution in [3.05, 3.63) is 59.9 Å². The molecule has 50 heavy (non-hydrogen) atoms. The number of hydrogen-bond donors (Lipinski definition) is 6. The third-order valence-electron chi connectivity index (χ3n) is 8.24. The summed E-state index contributed by atoms with van der Waals surface area (Å²) in [7, 11) is 0. The Labute approximate surface area is 289 Å². The predicted molar refractivity (Wildman–Crippen MR) is 182 cm³/mol. The summed E-state index contributed by atoms with van der Waals surface area (Å²) < 4.78 is 1.84. The van der Waals surface area contributed by atoms with Crippen molar-refractivity contribution in [1.29, 1.82) is 0 Å². The third kappa shape index (κ3) is 13.3. The molecule has 270 valence electrons. The van der Waals surface area contributed by atoms with Crippen LogP contribution in [0.2, 0.25) is 0 Å². The Balaban J connectivity index is 1.53. The average Bonchev–Trinajstić information content (AvgIpc) is 3.51. The molecule has 3 unspecified atom stereocenters. The average molecular weight is 695 g/mol. The number of aromatic nitrogens is 3. The SMILES string of the molecule is CCCn1nncc1CCCC(=O)CC(Cc1ccc2ccccc2c1)C(=O)NCCCCC(NC(=O)NC(CCC(=O)O)C(=O)O)C(=O)O. The largest absolute Gasteiger partial charge is 0.481 e. The number of carbonyl (C=O) groups excluding carboxylic acids is 3. The fourth-order valence-electron chi connectivity index (χ4n) is 5.59. The molecule has 0 fully saturated rings. The molecule has 0 saturated carbocycles. The maximum absolute atomic E-state index is 13.4. The highest BCUT2D eigenvalue weighted by atomic mass is 16.4. The van der Waals surface area contributed by atoms with Gasteiger partial charge in [-0.3, -0.25) is 14.4 Å². The smallest absolute Gasteiger partial charge is 0.326 e. The van der Waals surface area contributed by atoms with Gasteiger partial charge in [0.1, 0.15) is 17.9 Å². The lowest BCUT2D eigenvalue weighted by Gasteiger charge is -2.19. The van der Waals surface area contributed by atoms with E-state index in [1.54, 1.807) is 6.20 Å². The van der Waals surface area contributed by atoms with E-state index in [0.717, 1.165) is 35.0 Å². The van der Waals surface area contributed by atoms with E-state index in [9.17, 15) is 39.0 Å². The molecule has 0 aliphatic carbocycles. The number of fused-ring (bicyclic) bond motifs is 1. The highest BCUT2D eigenvalue weighted by Crippen LogP contribution is 2.21. The van der Waals surface area contributed by atoms with Gasteiger partial charge in [0.05, 0.1) is 11.9 Å². The fourth-order valence-corrected chi connectivity index (χ4v) is 5.59. The third-order valence-corrected chi connectivity index (χ3v) is 8.24. The number of nitrogens with zero attached hydrogens (tertiary/aromatic N) is 3. The van der Waals surface area contributed by atoms with E-state index in [1.165, 1.54) is 0 Å². The van der Waals surface area contributed by atoms with Gasteiger partial charge in [-0.15, -0.1) is 5.10 Å². The van der Waals surface area contributed by atoms with Crippen molar-refractivity contribution in [3.8, 4) is 0 Å². The minimum atomic E-state index is -1.50. The molecule has 0 saturated heterocycles. The normalized spacial score (nSPS) is 12.8. The lowest BCUT2D eigenvalue weighted by atomic mass is 9.91. The van der Waals surface area contributed by atoms with Crippen molar-refractivity contribution in [1.82, 2.24) is 30.9 Å². The van der Waals surface area contributed by atoms with Crippen LogP contribution in [-0.2, 0) is 43.4 Å². The number of urea groups is 1. The van der Waals surface area contributed by atoms with E-state index in [-0.39, 0.29) is 37.5 Å². The summed E-state index contributed by atoms with van der Waals surface area (Å²) in [5.74, 6) is -4.94. The van der Waals surface area contributed by atoms with Gasteiger partial charge < -0.3 is 31.3 Å². The Morgan fingerprint density at radius 3 is 2.22 bits per heavy atom. The van der Waals surface area contributed by atoms with Crippen LogP contribution in [0.5, 0.6) is 0 Å². The second-order valence-electron chi connectivity index (χ2n) is 12.2. The number of amides is 3. The number of ketones is 1. The van der Waals surface area contributed by atoms with Crippen LogP contribution in [0.1, 0.15) is 76.0 Å². The summed E-state index contributed by atoms with van der Waals surface area (Å²) in [5, 5.41) is 44.9. The van der Waals surface area contributed by atoms with E-state index >= 15 is 0 Å². The second kappa shape index (κ2) is 20.2. The summed E-state index contributed by atoms with van der Waals surface area (Å²) in [6, 6.07) is 9.95. The number of aryl methyl sites for hydroxylation is 2. The lowest BCUT2D eigenvalue weighted by molar-refractivity contribution is -0.141. The van der Waals surface area contributed by atoms with Crippen LogP contribution >= 0.6 is 0 Å². The zero-order chi connectivity index (χ0) is 36.5. The van der Waals surface area contributed by atoms with Gasteiger partial charge in [-0.1, -0.05) is 54.6 Å². The number of nitrogens with one attached hydrogen (secondary N) is 3. The Morgan fingerprint density at radius 1 is 0.840 bits per heavy atom. The summed E-state index contributed by atoms with van der Waals surface area (Å²) >= 11 is 0. The number of benzene rings is 2. The van der Waals surface area contributed by atoms with E-state index < -0.39 is 48.4 Å². The molecule has 1 aromatic heterocycles. The van der Waals surface area contributed by atoms with E-state index in [2.05, 4.69) is 33.2 Å². The molecule has 3 atom stereocenters. The van der Waals surface area contributed by atoms with Crippen molar-refractivity contribution >= 4 is 46.4 Å². The molecule has 3 amide bonds. The molecule has 0 bridgehead atoms. The molecule has 3 rings (SSSR count). The zero-order valence-corrected chi connectivity index (χ0v) is 28.2. The maximum Gasteiger partial charge on any atom is 0.326 e. The predicted octanol–water partition coefficient (Wildman–Crippen LogP) is 3.34. The first-order chi connectivity index (χ1) is 24.0. The van der Waals surface area contributed by atoms with E-state index in [0.29, 0.717) is 38.5 Å². The molecule has 1 heterocycles. The first kappa shape index (κ1) is 39.1. The van der Waals surface area contributed by atoms with Crippen LogP contribution in [0, 0.1) is 5.92 Å². The molecule has 0 aliphatic heterocycles. The summed E-state index contributed by atoms with van der Waals surface area (Å²) in [6.45, 7) is 3.02. The van der Waals surface area contributed by atoms with Crippen molar-refractivity contribution in [2.75, 3.05) is 6.54 Å². The van der Waals surface area contributed by atoms with Crippen LogP contribution in [0.25, 0.3) is 10.8 Å². The molecule has 15 nitrogen and oxygen atoms in total. The van der Waals surface area contributed by atoms with Gasteiger partial charge in [0, 0.05) is 38.3 Å². The highest BCUT2D eigenvalue weighted by Gasteiger charge is 2.25. The van der Waals surface area contributed by atoms with Crippen LogP contribution in [-0.4, -0.2) is 84.6 Å². The Bertz CT molecular complexity index is 1620. The molecular weight excluding hydrogens is 648 g/mol. The number of carbonyl (C=O) groups is 6. The maximum atomic E-state index is 13.4. The van der Waals surface area contributed by atoms with Gasteiger partial charge in [-0.05, 0) is 67.7 Å². The molecular formula is C35H46N6O9. The Kier molecular flexibility index (Phi) is 15.8. The quantitative estimate of drug-likeness (QED) is 0.0789. The van der Waals surface area contributed by atoms with Crippen LogP contribution in [0.4, 0.5) is 4.79 Å². The van der Waals surface area contributed by atoms with Gasteiger partial charge in [-0.25, -0.2) is 19.1 Å². The molecule has 3 aromatic rings. The van der Waals surface area contributed by atoms with Gasteiger partial charge >= 0.3 is 23.9 Å². The second-order valence-corrected chi connectivity index (χ2v) is 12.2. The monoisotopic (exact) mass is 694 g/mol. The molecule has 0 radical (unpaired) electrons. The van der Waals surface area contributed by atoms with Gasteiger partial charge in [-0.2, -0.15) is 0 Å². The zero-order valence-electron chi connectivity index (χ0n) is 28.2. The molecule has 6 N–H and O–H groups in total. The van der Waals surface area contributed by atoms with E-state index in [4.69, 9.17) is 5.11 Å².